The fraction of sp³-hybridized carbons (Fsp3) is 0.400. The first kappa shape index (κ1) is 25.7. The Morgan fingerprint density at radius 2 is 1.69 bits per heavy atom. The number of hydrogen-bond acceptors (Lipinski definition) is 6. The van der Waals surface area contributed by atoms with Gasteiger partial charge in [-0.25, -0.2) is 9.78 Å². The molecule has 0 aliphatic carbocycles. The van der Waals surface area contributed by atoms with Crippen LogP contribution >= 0.6 is 0 Å². The van der Waals surface area contributed by atoms with Crippen molar-refractivity contribution in [3.05, 3.63) is 54.2 Å². The van der Waals surface area contributed by atoms with Gasteiger partial charge in [0.15, 0.2) is 0 Å². The van der Waals surface area contributed by atoms with Crippen LogP contribution in [0.15, 0.2) is 48.5 Å². The Balaban J connectivity index is 1.67. The van der Waals surface area contributed by atoms with Crippen LogP contribution in [0.1, 0.15) is 36.7 Å². The summed E-state index contributed by atoms with van der Waals surface area (Å²) in [7, 11) is 0. The first-order valence-electron chi connectivity index (χ1n) is 11.6. The topological polar surface area (TPSA) is 129 Å². The van der Waals surface area contributed by atoms with Gasteiger partial charge in [-0.15, -0.1) is 0 Å². The van der Waals surface area contributed by atoms with Crippen LogP contribution in [0, 0.1) is 0 Å². The Morgan fingerprint density at radius 1 is 1.00 bits per heavy atom. The average Bonchev–Trinajstić information content (AvgIpc) is 2.89. The molecular formula is C25H30N4O6. The molecule has 1 atom stereocenters. The van der Waals surface area contributed by atoms with E-state index in [2.05, 4.69) is 10.3 Å². The van der Waals surface area contributed by atoms with Crippen molar-refractivity contribution in [1.29, 1.82) is 0 Å². The van der Waals surface area contributed by atoms with Gasteiger partial charge in [0.25, 0.3) is 5.91 Å². The predicted octanol–water partition coefficient (Wildman–Crippen LogP) is 2.40. The molecule has 0 spiro atoms. The second-order valence-corrected chi connectivity index (χ2v) is 8.16. The molecule has 1 aromatic carbocycles. The molecule has 1 saturated heterocycles. The van der Waals surface area contributed by atoms with Crippen LogP contribution in [0.5, 0.6) is 0 Å². The van der Waals surface area contributed by atoms with E-state index in [1.165, 1.54) is 9.80 Å². The zero-order valence-electron chi connectivity index (χ0n) is 19.7. The lowest BCUT2D eigenvalue weighted by atomic mass is 10.1. The molecule has 35 heavy (non-hydrogen) atoms. The van der Waals surface area contributed by atoms with Crippen LogP contribution in [-0.2, 0) is 14.3 Å². The van der Waals surface area contributed by atoms with Crippen molar-refractivity contribution in [2.45, 2.75) is 32.2 Å². The van der Waals surface area contributed by atoms with Gasteiger partial charge in [0.1, 0.15) is 11.7 Å². The number of rotatable bonds is 9. The van der Waals surface area contributed by atoms with E-state index >= 15 is 0 Å². The van der Waals surface area contributed by atoms with E-state index in [4.69, 9.17) is 9.84 Å². The number of pyridine rings is 1. The number of nitrogens with one attached hydrogen (secondary N) is 1. The van der Waals surface area contributed by atoms with Gasteiger partial charge in [-0.05, 0) is 25.0 Å². The van der Waals surface area contributed by atoms with E-state index in [1.54, 1.807) is 18.2 Å². The summed E-state index contributed by atoms with van der Waals surface area (Å²) in [6, 6.07) is 13.4. The monoisotopic (exact) mass is 482 g/mol. The number of nitrogens with zero attached hydrogens (tertiary/aromatic N) is 3. The minimum atomic E-state index is -1.07. The van der Waals surface area contributed by atoms with Crippen molar-refractivity contribution in [1.82, 2.24) is 20.1 Å². The molecule has 3 rings (SSSR count). The van der Waals surface area contributed by atoms with Crippen LogP contribution in [0.25, 0.3) is 11.3 Å². The number of carboxylic acids is 1. The molecule has 2 N–H and O–H groups in total. The molecule has 186 valence electrons. The smallest absolute Gasteiger partial charge is 0.409 e. The first-order chi connectivity index (χ1) is 16.9. The summed E-state index contributed by atoms with van der Waals surface area (Å²) in [5.41, 5.74) is 1.58. The summed E-state index contributed by atoms with van der Waals surface area (Å²) in [4.78, 5) is 56.8. The normalized spacial score (nSPS) is 14.2. The molecule has 1 aliphatic heterocycles. The lowest BCUT2D eigenvalue weighted by Crippen LogP contribution is -2.56. The molecule has 10 nitrogen and oxygen atoms in total. The van der Waals surface area contributed by atoms with E-state index in [-0.39, 0.29) is 37.5 Å². The lowest BCUT2D eigenvalue weighted by molar-refractivity contribution is -0.138. The van der Waals surface area contributed by atoms with Crippen molar-refractivity contribution in [2.24, 2.45) is 0 Å². The third-order valence-electron chi connectivity index (χ3n) is 5.58. The van der Waals surface area contributed by atoms with Crippen molar-refractivity contribution >= 4 is 23.9 Å². The number of aromatic nitrogens is 1. The van der Waals surface area contributed by atoms with E-state index in [9.17, 15) is 19.2 Å². The molecule has 0 radical (unpaired) electrons. The van der Waals surface area contributed by atoms with Crippen LogP contribution in [0.3, 0.4) is 0 Å². The number of carbonyl (C=O) groups is 4. The predicted molar refractivity (Wildman–Crippen MR) is 128 cm³/mol. The second kappa shape index (κ2) is 12.5. The average molecular weight is 483 g/mol. The van der Waals surface area contributed by atoms with Gasteiger partial charge >= 0.3 is 12.1 Å². The molecule has 2 aromatic rings. The van der Waals surface area contributed by atoms with Crippen LogP contribution in [0.4, 0.5) is 4.79 Å². The highest BCUT2D eigenvalue weighted by molar-refractivity contribution is 5.96. The molecule has 0 saturated carbocycles. The fourth-order valence-electron chi connectivity index (χ4n) is 3.70. The van der Waals surface area contributed by atoms with Crippen LogP contribution in [0.2, 0.25) is 0 Å². The standard InChI is InChI=1S/C25H30N4O6/c1-2-17-35-25(34)29-15-13-28(14-16-29)24(33)21(11-12-22(30)31)27-23(32)20-10-6-9-19(26-20)18-7-4-3-5-8-18/h3-10,21H,2,11-17H2,1H3,(H,27,32)(H,30,31)/t21-/m0/s1. The second-order valence-electron chi connectivity index (χ2n) is 8.16. The Bertz CT molecular complexity index is 1040. The van der Waals surface area contributed by atoms with E-state index in [0.717, 1.165) is 12.0 Å². The largest absolute Gasteiger partial charge is 0.481 e. The van der Waals surface area contributed by atoms with Gasteiger partial charge in [-0.2, -0.15) is 0 Å². The summed E-state index contributed by atoms with van der Waals surface area (Å²) in [6.07, 6.45) is -0.0358. The number of amides is 3. The van der Waals surface area contributed by atoms with Gasteiger partial charge < -0.3 is 25.0 Å². The molecule has 0 bridgehead atoms. The molecular weight excluding hydrogens is 452 g/mol. The van der Waals surface area contributed by atoms with Gasteiger partial charge in [0, 0.05) is 38.2 Å². The number of piperazine rings is 1. The van der Waals surface area contributed by atoms with Gasteiger partial charge in [0.05, 0.1) is 12.3 Å². The maximum Gasteiger partial charge on any atom is 0.409 e. The minimum Gasteiger partial charge on any atom is -0.481 e. The Kier molecular flexibility index (Phi) is 9.16. The zero-order chi connectivity index (χ0) is 25.2. The highest BCUT2D eigenvalue weighted by Gasteiger charge is 2.31. The molecule has 1 aliphatic rings. The summed E-state index contributed by atoms with van der Waals surface area (Å²) in [5.74, 6) is -2.02. The van der Waals surface area contributed by atoms with Gasteiger partial charge in [0.2, 0.25) is 5.91 Å². The maximum atomic E-state index is 13.2. The van der Waals surface area contributed by atoms with E-state index < -0.39 is 24.0 Å². The summed E-state index contributed by atoms with van der Waals surface area (Å²) in [6.45, 7) is 3.37. The Morgan fingerprint density at radius 3 is 2.34 bits per heavy atom. The zero-order valence-corrected chi connectivity index (χ0v) is 19.7. The number of carbonyl (C=O) groups excluding carboxylic acids is 3. The molecule has 2 heterocycles. The van der Waals surface area contributed by atoms with Gasteiger partial charge in [-0.1, -0.05) is 43.3 Å². The number of ether oxygens (including phenoxy) is 1. The Hall–Kier alpha value is -3.95. The van der Waals surface area contributed by atoms with Crippen molar-refractivity contribution in [3.63, 3.8) is 0 Å². The first-order valence-corrected chi connectivity index (χ1v) is 11.6. The van der Waals surface area contributed by atoms with Crippen LogP contribution in [-0.4, -0.2) is 82.6 Å². The summed E-state index contributed by atoms with van der Waals surface area (Å²) >= 11 is 0. The van der Waals surface area contributed by atoms with Crippen molar-refractivity contribution < 1.29 is 29.0 Å². The van der Waals surface area contributed by atoms with E-state index in [1.807, 2.05) is 37.3 Å². The summed E-state index contributed by atoms with van der Waals surface area (Å²) in [5, 5.41) is 11.8. The van der Waals surface area contributed by atoms with Crippen molar-refractivity contribution in [2.75, 3.05) is 32.8 Å². The number of benzene rings is 1. The SMILES string of the molecule is CCCOC(=O)N1CCN(C(=O)[C@H](CCC(=O)O)NC(=O)c2cccc(-c3ccccc3)n2)CC1. The molecule has 0 unspecified atom stereocenters. The van der Waals surface area contributed by atoms with Gasteiger partial charge in [-0.3, -0.25) is 14.4 Å². The highest BCUT2D eigenvalue weighted by atomic mass is 16.6. The van der Waals surface area contributed by atoms with Crippen LogP contribution < -0.4 is 5.32 Å². The fourth-order valence-corrected chi connectivity index (χ4v) is 3.70. The molecule has 10 heteroatoms. The number of aliphatic carboxylic acids is 1. The molecule has 1 aromatic heterocycles. The third-order valence-corrected chi connectivity index (χ3v) is 5.58. The minimum absolute atomic E-state index is 0.0585. The highest BCUT2D eigenvalue weighted by Crippen LogP contribution is 2.17. The van der Waals surface area contributed by atoms with E-state index in [0.29, 0.717) is 25.4 Å². The number of carboxylic acid groups (broad SMARTS) is 1. The maximum absolute atomic E-state index is 13.2. The quantitative estimate of drug-likeness (QED) is 0.561. The Labute approximate surface area is 203 Å². The lowest BCUT2D eigenvalue weighted by Gasteiger charge is -2.36. The third kappa shape index (κ3) is 7.26. The molecule has 1 fully saturated rings. The van der Waals surface area contributed by atoms with Crippen molar-refractivity contribution in [3.8, 4) is 11.3 Å². The number of hydrogen-bond donors (Lipinski definition) is 2. The molecule has 3 amide bonds. The summed E-state index contributed by atoms with van der Waals surface area (Å²) < 4.78 is 5.14.